The molecule has 0 bridgehead atoms. The summed E-state index contributed by atoms with van der Waals surface area (Å²) in [5, 5.41) is 17.0. The molecule has 0 fully saturated rings. The van der Waals surface area contributed by atoms with Crippen LogP contribution in [0.2, 0.25) is 0 Å². The summed E-state index contributed by atoms with van der Waals surface area (Å²) in [6.45, 7) is 0. The second kappa shape index (κ2) is 4.72. The van der Waals surface area contributed by atoms with Crippen molar-refractivity contribution in [3.05, 3.63) is 28.0 Å². The highest BCUT2D eigenvalue weighted by Gasteiger charge is 2.39. The number of halogens is 3. The molecule has 0 spiro atoms. The highest BCUT2D eigenvalue weighted by atomic mass is 19.4. The minimum Gasteiger partial charge on any atom is -0.308 e. The van der Waals surface area contributed by atoms with E-state index < -0.39 is 28.4 Å². The first-order chi connectivity index (χ1) is 8.14. The highest BCUT2D eigenvalue weighted by molar-refractivity contribution is 5.49. The molecule has 0 aliphatic heterocycles. The number of aromatic nitrogens is 3. The van der Waals surface area contributed by atoms with Crippen LogP contribution in [0, 0.1) is 10.1 Å². The molecule has 0 radical (unpaired) electrons. The first-order valence-electron chi connectivity index (χ1n) is 4.77. The van der Waals surface area contributed by atoms with Gasteiger partial charge in [0.05, 0.1) is 19.0 Å². The van der Waals surface area contributed by atoms with Crippen molar-refractivity contribution in [1.29, 1.82) is 0 Å². The van der Waals surface area contributed by atoms with Gasteiger partial charge in [-0.2, -0.15) is 13.2 Å². The number of hydrogen-bond acceptors (Lipinski definition) is 4. The van der Waals surface area contributed by atoms with Crippen molar-refractivity contribution in [3.8, 4) is 0 Å². The van der Waals surface area contributed by atoms with Crippen LogP contribution in [-0.4, -0.2) is 33.8 Å². The van der Waals surface area contributed by atoms with E-state index in [1.54, 1.807) is 14.1 Å². The standard InChI is InChI=1S/C8H10F3N5O2/c1-14(2)4-5(16(17)18)6-12-13-7(15(6)3)8(9,10)11/h4H,1-3H3/p+1/b5-4-. The number of nitro groups is 1. The van der Waals surface area contributed by atoms with Gasteiger partial charge in [0.25, 0.3) is 0 Å². The molecular formula is C8H11F3N5O2+. The zero-order valence-electron chi connectivity index (χ0n) is 9.82. The van der Waals surface area contributed by atoms with Crippen molar-refractivity contribution in [3.63, 3.8) is 0 Å². The molecular weight excluding hydrogens is 255 g/mol. The van der Waals surface area contributed by atoms with Crippen molar-refractivity contribution in [2.24, 2.45) is 7.05 Å². The molecule has 0 saturated heterocycles. The van der Waals surface area contributed by atoms with E-state index in [0.29, 0.717) is 9.47 Å². The van der Waals surface area contributed by atoms with Gasteiger partial charge in [0.15, 0.2) is 6.20 Å². The van der Waals surface area contributed by atoms with E-state index in [4.69, 9.17) is 0 Å². The lowest BCUT2D eigenvalue weighted by Gasteiger charge is -2.05. The fourth-order valence-corrected chi connectivity index (χ4v) is 1.27. The molecule has 18 heavy (non-hydrogen) atoms. The van der Waals surface area contributed by atoms with Gasteiger partial charge in [0.1, 0.15) is 0 Å². The lowest BCUT2D eigenvalue weighted by molar-refractivity contribution is -0.802. The molecule has 0 amide bonds. The van der Waals surface area contributed by atoms with Crippen LogP contribution in [0.3, 0.4) is 0 Å². The van der Waals surface area contributed by atoms with Crippen molar-refractivity contribution >= 4 is 5.70 Å². The van der Waals surface area contributed by atoms with Crippen LogP contribution >= 0.6 is 0 Å². The minimum atomic E-state index is -4.70. The maximum Gasteiger partial charge on any atom is 0.451 e. The van der Waals surface area contributed by atoms with Gasteiger partial charge in [-0.15, -0.1) is 10.2 Å². The van der Waals surface area contributed by atoms with Crippen molar-refractivity contribution in [2.75, 3.05) is 14.1 Å². The van der Waals surface area contributed by atoms with E-state index in [-0.39, 0.29) is 0 Å². The van der Waals surface area contributed by atoms with Crippen LogP contribution in [0.25, 0.3) is 5.70 Å². The van der Waals surface area contributed by atoms with Gasteiger partial charge >= 0.3 is 11.9 Å². The molecule has 100 valence electrons. The molecule has 1 aromatic rings. The van der Waals surface area contributed by atoms with Gasteiger partial charge in [-0.1, -0.05) is 0 Å². The summed E-state index contributed by atoms with van der Waals surface area (Å²) in [4.78, 5) is 10.6. The Bertz CT molecular complexity index is 491. The number of nitrogens with one attached hydrogen (secondary N) is 1. The Labute approximate surface area is 99.7 Å². The normalized spacial score (nSPS) is 13.2. The van der Waals surface area contributed by atoms with Gasteiger partial charge in [-0.3, -0.25) is 10.1 Å². The smallest absolute Gasteiger partial charge is 0.308 e. The van der Waals surface area contributed by atoms with Crippen LogP contribution < -0.4 is 4.90 Å². The van der Waals surface area contributed by atoms with Gasteiger partial charge < -0.3 is 9.47 Å². The molecule has 0 aliphatic carbocycles. The second-order valence-corrected chi connectivity index (χ2v) is 3.77. The molecule has 1 N–H and O–H groups in total. The third kappa shape index (κ3) is 2.83. The SMILES string of the molecule is Cn1c(/C(=C/[NH+](C)C)[N+](=O)[O-])nnc1C(F)(F)F. The second-order valence-electron chi connectivity index (χ2n) is 3.77. The average Bonchev–Trinajstić information content (AvgIpc) is 2.55. The largest absolute Gasteiger partial charge is 0.451 e. The minimum absolute atomic E-state index is 0.437. The summed E-state index contributed by atoms with van der Waals surface area (Å²) in [7, 11) is 4.20. The molecule has 0 atom stereocenters. The lowest BCUT2D eigenvalue weighted by atomic mass is 10.4. The fraction of sp³-hybridized carbons (Fsp3) is 0.500. The quantitative estimate of drug-likeness (QED) is 0.594. The van der Waals surface area contributed by atoms with Crippen LogP contribution in [-0.2, 0) is 13.2 Å². The third-order valence-corrected chi connectivity index (χ3v) is 1.98. The Kier molecular flexibility index (Phi) is 3.70. The monoisotopic (exact) mass is 266 g/mol. The van der Waals surface area contributed by atoms with E-state index in [9.17, 15) is 23.3 Å². The Balaban J connectivity index is 3.33. The van der Waals surface area contributed by atoms with Crippen LogP contribution in [0.1, 0.15) is 11.6 Å². The maximum absolute atomic E-state index is 12.5. The van der Waals surface area contributed by atoms with Crippen LogP contribution in [0.5, 0.6) is 0 Å². The first kappa shape index (κ1) is 14.1. The molecule has 1 rings (SSSR count). The molecule has 0 aromatic carbocycles. The van der Waals surface area contributed by atoms with Crippen molar-refractivity contribution < 1.29 is 23.0 Å². The Hall–Kier alpha value is -1.97. The van der Waals surface area contributed by atoms with E-state index in [0.717, 1.165) is 13.2 Å². The summed E-state index contributed by atoms with van der Waals surface area (Å²) in [5.74, 6) is -1.72. The van der Waals surface area contributed by atoms with Gasteiger partial charge in [0, 0.05) is 7.05 Å². The van der Waals surface area contributed by atoms with Crippen molar-refractivity contribution in [2.45, 2.75) is 6.18 Å². The van der Waals surface area contributed by atoms with E-state index >= 15 is 0 Å². The first-order valence-corrected chi connectivity index (χ1v) is 4.77. The number of quaternary nitrogens is 1. The van der Waals surface area contributed by atoms with Gasteiger partial charge in [0.2, 0.25) is 11.6 Å². The van der Waals surface area contributed by atoms with Crippen molar-refractivity contribution in [1.82, 2.24) is 14.8 Å². The summed E-state index contributed by atoms with van der Waals surface area (Å²) in [6, 6.07) is 0. The number of hydrogen-bond donors (Lipinski definition) is 1. The van der Waals surface area contributed by atoms with Gasteiger partial charge in [-0.05, 0) is 0 Å². The predicted octanol–water partition coefficient (Wildman–Crippen LogP) is -0.446. The lowest BCUT2D eigenvalue weighted by Crippen LogP contribution is -3.00. The Morgan fingerprint density at radius 1 is 1.44 bits per heavy atom. The molecule has 0 saturated carbocycles. The molecule has 0 unspecified atom stereocenters. The molecule has 7 nitrogen and oxygen atoms in total. The Morgan fingerprint density at radius 2 is 2.00 bits per heavy atom. The maximum atomic E-state index is 12.5. The van der Waals surface area contributed by atoms with Crippen LogP contribution in [0.15, 0.2) is 6.20 Å². The zero-order chi connectivity index (χ0) is 14.1. The third-order valence-electron chi connectivity index (χ3n) is 1.98. The number of alkyl halides is 3. The summed E-state index contributed by atoms with van der Waals surface area (Å²) in [6.07, 6.45) is -3.56. The fourth-order valence-electron chi connectivity index (χ4n) is 1.27. The van der Waals surface area contributed by atoms with E-state index in [1.807, 2.05) is 0 Å². The summed E-state index contributed by atoms with van der Waals surface area (Å²) >= 11 is 0. The molecule has 1 heterocycles. The zero-order valence-corrected chi connectivity index (χ0v) is 9.82. The number of rotatable bonds is 3. The Morgan fingerprint density at radius 3 is 2.33 bits per heavy atom. The highest BCUT2D eigenvalue weighted by Crippen LogP contribution is 2.28. The van der Waals surface area contributed by atoms with E-state index in [1.165, 1.54) is 0 Å². The summed E-state index contributed by atoms with van der Waals surface area (Å²) in [5.41, 5.74) is -0.527. The number of nitrogens with zero attached hydrogens (tertiary/aromatic N) is 4. The average molecular weight is 266 g/mol. The molecule has 10 heteroatoms. The molecule has 0 aliphatic rings. The van der Waals surface area contributed by atoms with Crippen LogP contribution in [0.4, 0.5) is 13.2 Å². The van der Waals surface area contributed by atoms with E-state index in [2.05, 4.69) is 10.2 Å². The summed E-state index contributed by atoms with van der Waals surface area (Å²) < 4.78 is 38.0. The van der Waals surface area contributed by atoms with Gasteiger partial charge in [-0.25, -0.2) is 0 Å². The molecule has 1 aromatic heterocycles. The predicted molar refractivity (Wildman–Crippen MR) is 53.8 cm³/mol. The topological polar surface area (TPSA) is 78.3 Å².